The van der Waals surface area contributed by atoms with Gasteiger partial charge in [0, 0.05) is 0 Å². The molecule has 1 saturated carbocycles. The van der Waals surface area contributed by atoms with Crippen molar-refractivity contribution >= 4 is 7.12 Å². The zero-order valence-corrected chi connectivity index (χ0v) is 13.5. The molecule has 0 radical (unpaired) electrons. The van der Waals surface area contributed by atoms with Gasteiger partial charge in [0.15, 0.2) is 0 Å². The number of hydrogen-bond donors (Lipinski definition) is 0. The van der Waals surface area contributed by atoms with E-state index in [-0.39, 0.29) is 18.3 Å². The second-order valence-electron chi connectivity index (χ2n) is 8.01. The summed E-state index contributed by atoms with van der Waals surface area (Å²) in [5.41, 5.74) is 0.0851. The van der Waals surface area contributed by atoms with Crippen LogP contribution >= 0.6 is 0 Å². The summed E-state index contributed by atoms with van der Waals surface area (Å²) in [5.74, 6) is 2.83. The van der Waals surface area contributed by atoms with Crippen molar-refractivity contribution in [1.82, 2.24) is 0 Å². The van der Waals surface area contributed by atoms with Crippen LogP contribution in [0.15, 0.2) is 12.1 Å². The first kappa shape index (κ1) is 15.1. The van der Waals surface area contributed by atoms with Crippen molar-refractivity contribution < 1.29 is 9.31 Å². The van der Waals surface area contributed by atoms with Gasteiger partial charge in [0.2, 0.25) is 0 Å². The predicted octanol–water partition coefficient (Wildman–Crippen LogP) is 4.39. The second kappa shape index (κ2) is 4.93. The Balaban J connectivity index is 1.88. The van der Waals surface area contributed by atoms with Gasteiger partial charge in [-0.3, -0.25) is 0 Å². The van der Waals surface area contributed by atoms with Crippen LogP contribution in [0.2, 0.25) is 0 Å². The van der Waals surface area contributed by atoms with Crippen molar-refractivity contribution in [3.8, 4) is 0 Å². The zero-order chi connectivity index (χ0) is 14.3. The Morgan fingerprint density at radius 2 is 1.37 bits per heavy atom. The highest BCUT2D eigenvalue weighted by atomic mass is 16.7. The Kier molecular flexibility index (Phi) is 3.92. The summed E-state index contributed by atoms with van der Waals surface area (Å²) >= 11 is 0. The second-order valence-corrected chi connectivity index (χ2v) is 8.01. The van der Waals surface area contributed by atoms with E-state index in [1.165, 1.54) is 25.7 Å². The van der Waals surface area contributed by atoms with Crippen molar-refractivity contribution in [3.05, 3.63) is 12.1 Å². The van der Waals surface area contributed by atoms with E-state index < -0.39 is 0 Å². The first-order valence-electron chi connectivity index (χ1n) is 7.65. The summed E-state index contributed by atoms with van der Waals surface area (Å²) in [5, 5.41) is 0. The molecule has 1 saturated heterocycles. The summed E-state index contributed by atoms with van der Waals surface area (Å²) in [6.07, 6.45) is 7.56. The Morgan fingerprint density at radius 3 is 1.84 bits per heavy atom. The molecule has 0 bridgehead atoms. The molecule has 0 aromatic rings. The van der Waals surface area contributed by atoms with Crippen molar-refractivity contribution in [2.24, 2.45) is 11.3 Å². The lowest BCUT2D eigenvalue weighted by Gasteiger charge is -2.33. The molecule has 108 valence electrons. The maximum Gasteiger partial charge on any atom is 0.486 e. The van der Waals surface area contributed by atoms with Crippen molar-refractivity contribution in [3.63, 3.8) is 0 Å². The lowest BCUT2D eigenvalue weighted by atomic mass is 9.72. The topological polar surface area (TPSA) is 18.5 Å². The zero-order valence-electron chi connectivity index (χ0n) is 13.5. The molecule has 0 aromatic heterocycles. The average Bonchev–Trinajstić information content (AvgIpc) is 2.46. The van der Waals surface area contributed by atoms with Crippen LogP contribution in [0, 0.1) is 11.3 Å². The van der Waals surface area contributed by atoms with Gasteiger partial charge < -0.3 is 9.31 Å². The van der Waals surface area contributed by atoms with Crippen LogP contribution in [0.1, 0.15) is 67.2 Å². The minimum absolute atomic E-state index is 0.181. The average molecular weight is 264 g/mol. The lowest BCUT2D eigenvalue weighted by Crippen LogP contribution is -2.41. The van der Waals surface area contributed by atoms with Crippen LogP contribution in [0.25, 0.3) is 0 Å². The fourth-order valence-corrected chi connectivity index (χ4v) is 2.83. The fraction of sp³-hybridized carbons (Fsp3) is 0.875. The third-order valence-corrected chi connectivity index (χ3v) is 5.20. The van der Waals surface area contributed by atoms with Crippen molar-refractivity contribution in [2.45, 2.75) is 78.4 Å². The van der Waals surface area contributed by atoms with E-state index in [0.29, 0.717) is 11.3 Å². The van der Waals surface area contributed by atoms with Crippen LogP contribution < -0.4 is 0 Å². The highest BCUT2D eigenvalue weighted by Crippen LogP contribution is 2.39. The lowest BCUT2D eigenvalue weighted by molar-refractivity contribution is 0.00578. The first-order chi connectivity index (χ1) is 8.61. The van der Waals surface area contributed by atoms with Gasteiger partial charge in [-0.05, 0) is 64.7 Å². The minimum atomic E-state index is -0.226. The molecule has 0 aromatic carbocycles. The molecule has 0 unspecified atom stereocenters. The van der Waals surface area contributed by atoms with Crippen LogP contribution in [-0.2, 0) is 9.31 Å². The van der Waals surface area contributed by atoms with Crippen molar-refractivity contribution in [1.29, 1.82) is 0 Å². The van der Waals surface area contributed by atoms with Crippen LogP contribution in [0.5, 0.6) is 0 Å². The van der Waals surface area contributed by atoms with E-state index in [9.17, 15) is 0 Å². The van der Waals surface area contributed by atoms with Gasteiger partial charge in [-0.25, -0.2) is 0 Å². The van der Waals surface area contributed by atoms with Gasteiger partial charge in [0.05, 0.1) is 11.2 Å². The maximum atomic E-state index is 5.99. The molecule has 2 fully saturated rings. The van der Waals surface area contributed by atoms with Crippen LogP contribution in [0.3, 0.4) is 0 Å². The Hall–Kier alpha value is -0.275. The molecule has 0 amide bonds. The van der Waals surface area contributed by atoms with E-state index in [2.05, 4.69) is 53.6 Å². The largest absolute Gasteiger partial charge is 0.486 e. The van der Waals surface area contributed by atoms with Gasteiger partial charge in [-0.1, -0.05) is 25.9 Å². The van der Waals surface area contributed by atoms with E-state index in [1.807, 2.05) is 0 Å². The fourth-order valence-electron chi connectivity index (χ4n) is 2.83. The van der Waals surface area contributed by atoms with Gasteiger partial charge in [-0.15, -0.1) is 0 Å². The molecule has 1 aliphatic carbocycles. The summed E-state index contributed by atoms with van der Waals surface area (Å²) < 4.78 is 12.0. The maximum absolute atomic E-state index is 5.99. The molecular formula is C16H29BO2. The molecule has 0 N–H and O–H groups in total. The molecule has 0 spiro atoms. The number of rotatable bonds is 2. The van der Waals surface area contributed by atoms with Gasteiger partial charge in [0.1, 0.15) is 0 Å². The highest BCUT2D eigenvalue weighted by molar-refractivity contribution is 6.51. The van der Waals surface area contributed by atoms with Gasteiger partial charge in [0.25, 0.3) is 0 Å². The monoisotopic (exact) mass is 264 g/mol. The third-order valence-electron chi connectivity index (χ3n) is 5.20. The standard InChI is InChI=1S/C16H29BO2/c1-14(2)10-7-13(8-11-14)9-12-17-18-15(3,4)16(5,6)19-17/h9,12-13H,7-8,10-11H2,1-6H3/b12-9+. The summed E-state index contributed by atoms with van der Waals surface area (Å²) in [6.45, 7) is 13.2. The summed E-state index contributed by atoms with van der Waals surface area (Å²) in [7, 11) is -0.181. The molecule has 0 atom stereocenters. The summed E-state index contributed by atoms with van der Waals surface area (Å²) in [4.78, 5) is 0. The quantitative estimate of drug-likeness (QED) is 0.688. The predicted molar refractivity (Wildman–Crippen MR) is 81.0 cm³/mol. The van der Waals surface area contributed by atoms with Crippen LogP contribution in [0.4, 0.5) is 0 Å². The third kappa shape index (κ3) is 3.43. The van der Waals surface area contributed by atoms with Gasteiger partial charge in [-0.2, -0.15) is 0 Å². The SMILES string of the molecule is CC1(C)CCC(/C=C/B2OC(C)(C)C(C)(C)O2)CC1. The van der Waals surface area contributed by atoms with E-state index >= 15 is 0 Å². The smallest absolute Gasteiger partial charge is 0.400 e. The number of hydrogen-bond acceptors (Lipinski definition) is 2. The van der Waals surface area contributed by atoms with Crippen molar-refractivity contribution in [2.75, 3.05) is 0 Å². The van der Waals surface area contributed by atoms with E-state index in [4.69, 9.17) is 9.31 Å². The minimum Gasteiger partial charge on any atom is -0.400 e. The Bertz CT molecular complexity index is 332. The van der Waals surface area contributed by atoms with Crippen LogP contribution in [-0.4, -0.2) is 18.3 Å². The normalized spacial score (nSPS) is 30.1. The molecule has 1 heterocycles. The number of allylic oxidation sites excluding steroid dienone is 1. The molecule has 2 aliphatic rings. The Labute approximate surface area is 119 Å². The Morgan fingerprint density at radius 1 is 0.895 bits per heavy atom. The molecule has 3 heteroatoms. The highest BCUT2D eigenvalue weighted by Gasteiger charge is 2.50. The molecule has 19 heavy (non-hydrogen) atoms. The molecule has 2 nitrogen and oxygen atoms in total. The molecule has 2 rings (SSSR count). The summed E-state index contributed by atoms with van der Waals surface area (Å²) in [6, 6.07) is 0. The molecular weight excluding hydrogens is 235 g/mol. The molecule has 1 aliphatic heterocycles. The first-order valence-corrected chi connectivity index (χ1v) is 7.65. The van der Waals surface area contributed by atoms with E-state index in [0.717, 1.165) is 0 Å². The van der Waals surface area contributed by atoms with Gasteiger partial charge >= 0.3 is 7.12 Å². The van der Waals surface area contributed by atoms with E-state index in [1.54, 1.807) is 0 Å².